The number of aliphatic carboxylic acids is 1. The Bertz CT molecular complexity index is 460. The van der Waals surface area contributed by atoms with Gasteiger partial charge in [0.05, 0.1) is 17.7 Å². The number of carbonyl (C=O) groups excluding carboxylic acids is 1. The first-order valence-electron chi connectivity index (χ1n) is 5.20. The highest BCUT2D eigenvalue weighted by atomic mass is 16.4. The zero-order chi connectivity index (χ0) is 11.9. The van der Waals surface area contributed by atoms with Gasteiger partial charge in [-0.15, -0.1) is 0 Å². The second kappa shape index (κ2) is 3.43. The van der Waals surface area contributed by atoms with Crippen LogP contribution in [0.2, 0.25) is 0 Å². The molecule has 16 heavy (non-hydrogen) atoms. The Morgan fingerprint density at radius 1 is 1.50 bits per heavy atom. The number of carboxylic acid groups (broad SMARTS) is 1. The van der Waals surface area contributed by atoms with Gasteiger partial charge in [0.2, 0.25) is 0 Å². The van der Waals surface area contributed by atoms with E-state index in [-0.39, 0.29) is 17.6 Å². The van der Waals surface area contributed by atoms with E-state index >= 15 is 0 Å². The van der Waals surface area contributed by atoms with Gasteiger partial charge >= 0.3 is 5.97 Å². The van der Waals surface area contributed by atoms with E-state index in [1.54, 1.807) is 0 Å². The molecular weight excluding hydrogens is 208 g/mol. The third-order valence-corrected chi connectivity index (χ3v) is 2.81. The molecule has 1 aliphatic rings. The van der Waals surface area contributed by atoms with Crippen molar-refractivity contribution in [1.82, 2.24) is 10.2 Å². The van der Waals surface area contributed by atoms with Crippen LogP contribution in [0.3, 0.4) is 0 Å². The lowest BCUT2D eigenvalue weighted by Crippen LogP contribution is -2.27. The van der Waals surface area contributed by atoms with E-state index in [9.17, 15) is 9.59 Å². The fourth-order valence-corrected chi connectivity index (χ4v) is 2.21. The molecule has 0 bridgehead atoms. The molecule has 0 saturated heterocycles. The van der Waals surface area contributed by atoms with E-state index in [2.05, 4.69) is 10.2 Å². The monoisotopic (exact) mass is 222 g/mol. The van der Waals surface area contributed by atoms with Crippen molar-refractivity contribution in [2.45, 2.75) is 33.1 Å². The van der Waals surface area contributed by atoms with Gasteiger partial charge in [0.15, 0.2) is 5.78 Å². The summed E-state index contributed by atoms with van der Waals surface area (Å²) in [5, 5.41) is 15.4. The van der Waals surface area contributed by atoms with Crippen LogP contribution >= 0.6 is 0 Å². The minimum Gasteiger partial charge on any atom is -0.481 e. The average molecular weight is 222 g/mol. The number of aromatic amines is 1. The molecule has 0 aromatic carbocycles. The molecule has 0 radical (unpaired) electrons. The summed E-state index contributed by atoms with van der Waals surface area (Å²) >= 11 is 0. The largest absolute Gasteiger partial charge is 0.481 e. The SMILES string of the molecule is CC1(C)CC(=O)c2c(CC(=O)O)n[nH]c2C1. The van der Waals surface area contributed by atoms with Crippen molar-refractivity contribution < 1.29 is 14.7 Å². The highest BCUT2D eigenvalue weighted by molar-refractivity contribution is 6.00. The predicted molar refractivity (Wildman–Crippen MR) is 56.4 cm³/mol. The molecule has 1 aromatic heterocycles. The molecule has 0 spiro atoms. The molecule has 0 atom stereocenters. The number of H-pyrrole nitrogens is 1. The van der Waals surface area contributed by atoms with Gasteiger partial charge in [-0.3, -0.25) is 14.7 Å². The van der Waals surface area contributed by atoms with Crippen LogP contribution in [0.25, 0.3) is 0 Å². The first kappa shape index (κ1) is 10.9. The number of Topliss-reactive ketones (excluding diaryl/α,β-unsaturated/α-hetero) is 1. The average Bonchev–Trinajstić information content (AvgIpc) is 2.44. The number of hydrogen-bond donors (Lipinski definition) is 2. The molecule has 2 rings (SSSR count). The number of nitrogens with one attached hydrogen (secondary N) is 1. The van der Waals surface area contributed by atoms with Crippen LogP contribution in [-0.4, -0.2) is 27.1 Å². The fourth-order valence-electron chi connectivity index (χ4n) is 2.21. The van der Waals surface area contributed by atoms with Crippen molar-refractivity contribution in [3.05, 3.63) is 17.0 Å². The lowest BCUT2D eigenvalue weighted by Gasteiger charge is -2.27. The van der Waals surface area contributed by atoms with Crippen molar-refractivity contribution >= 4 is 11.8 Å². The number of ketones is 1. The second-order valence-corrected chi connectivity index (χ2v) is 5.04. The summed E-state index contributed by atoms with van der Waals surface area (Å²) in [5.41, 5.74) is 1.57. The molecule has 0 amide bonds. The zero-order valence-corrected chi connectivity index (χ0v) is 9.33. The molecule has 1 aliphatic carbocycles. The van der Waals surface area contributed by atoms with Gasteiger partial charge < -0.3 is 5.11 Å². The lowest BCUT2D eigenvalue weighted by molar-refractivity contribution is -0.136. The molecular formula is C11H14N2O3. The van der Waals surface area contributed by atoms with Gasteiger partial charge in [-0.1, -0.05) is 13.8 Å². The highest BCUT2D eigenvalue weighted by Gasteiger charge is 2.34. The third kappa shape index (κ3) is 1.85. The van der Waals surface area contributed by atoms with Crippen LogP contribution < -0.4 is 0 Å². The Hall–Kier alpha value is -1.65. The maximum absolute atomic E-state index is 11.9. The number of carboxylic acids is 1. The molecule has 1 heterocycles. The topological polar surface area (TPSA) is 83.1 Å². The Morgan fingerprint density at radius 2 is 2.19 bits per heavy atom. The molecule has 0 fully saturated rings. The van der Waals surface area contributed by atoms with E-state index in [4.69, 9.17) is 5.11 Å². The van der Waals surface area contributed by atoms with Crippen LogP contribution in [0.4, 0.5) is 0 Å². The first-order chi connectivity index (χ1) is 7.39. The summed E-state index contributed by atoms with van der Waals surface area (Å²) < 4.78 is 0. The summed E-state index contributed by atoms with van der Waals surface area (Å²) in [6, 6.07) is 0. The summed E-state index contributed by atoms with van der Waals surface area (Å²) in [7, 11) is 0. The van der Waals surface area contributed by atoms with Crippen molar-refractivity contribution in [3.8, 4) is 0 Å². The Balaban J connectivity index is 2.39. The minimum atomic E-state index is -0.966. The fraction of sp³-hybridized carbons (Fsp3) is 0.545. The van der Waals surface area contributed by atoms with Crippen LogP contribution in [0, 0.1) is 5.41 Å². The number of nitrogens with zero attached hydrogens (tertiary/aromatic N) is 1. The maximum atomic E-state index is 11.9. The molecule has 1 aromatic rings. The number of fused-ring (bicyclic) bond motifs is 1. The molecule has 2 N–H and O–H groups in total. The van der Waals surface area contributed by atoms with Gasteiger partial charge in [0.1, 0.15) is 0 Å². The maximum Gasteiger partial charge on any atom is 0.309 e. The van der Waals surface area contributed by atoms with E-state index in [0.29, 0.717) is 17.7 Å². The Kier molecular flexibility index (Phi) is 2.33. The number of rotatable bonds is 2. The second-order valence-electron chi connectivity index (χ2n) is 5.04. The van der Waals surface area contributed by atoms with E-state index in [1.165, 1.54) is 0 Å². The molecule has 0 saturated carbocycles. The summed E-state index contributed by atoms with van der Waals surface area (Å²) in [6.45, 7) is 4.04. The van der Waals surface area contributed by atoms with E-state index < -0.39 is 5.97 Å². The smallest absolute Gasteiger partial charge is 0.309 e. The summed E-state index contributed by atoms with van der Waals surface area (Å²) in [6.07, 6.45) is 0.991. The lowest BCUT2D eigenvalue weighted by atomic mass is 9.75. The highest BCUT2D eigenvalue weighted by Crippen LogP contribution is 2.34. The summed E-state index contributed by atoms with van der Waals surface area (Å²) in [5.74, 6) is -0.969. The summed E-state index contributed by atoms with van der Waals surface area (Å²) in [4.78, 5) is 22.5. The van der Waals surface area contributed by atoms with Crippen molar-refractivity contribution in [2.24, 2.45) is 5.41 Å². The molecule has 5 nitrogen and oxygen atoms in total. The molecule has 5 heteroatoms. The van der Waals surface area contributed by atoms with Gasteiger partial charge in [-0.25, -0.2) is 0 Å². The van der Waals surface area contributed by atoms with Gasteiger partial charge in [0, 0.05) is 12.1 Å². The third-order valence-electron chi connectivity index (χ3n) is 2.81. The number of aromatic nitrogens is 2. The van der Waals surface area contributed by atoms with Crippen LogP contribution in [0.1, 0.15) is 42.0 Å². The van der Waals surface area contributed by atoms with Gasteiger partial charge in [0.25, 0.3) is 0 Å². The minimum absolute atomic E-state index is 0.00347. The Labute approximate surface area is 92.9 Å². The van der Waals surface area contributed by atoms with Crippen molar-refractivity contribution in [3.63, 3.8) is 0 Å². The molecule has 0 aliphatic heterocycles. The standard InChI is InChI=1S/C11H14N2O3/c1-11(2)4-7-10(8(14)5-11)6(12-13-7)3-9(15)16/h3-5H2,1-2H3,(H,12,13)(H,15,16). The quantitative estimate of drug-likeness (QED) is 0.787. The zero-order valence-electron chi connectivity index (χ0n) is 9.33. The van der Waals surface area contributed by atoms with Crippen LogP contribution in [0.5, 0.6) is 0 Å². The van der Waals surface area contributed by atoms with Gasteiger partial charge in [-0.2, -0.15) is 5.10 Å². The van der Waals surface area contributed by atoms with Gasteiger partial charge in [-0.05, 0) is 11.8 Å². The number of carbonyl (C=O) groups is 2. The molecule has 86 valence electrons. The number of hydrogen-bond acceptors (Lipinski definition) is 3. The van der Waals surface area contributed by atoms with E-state index in [0.717, 1.165) is 12.1 Å². The van der Waals surface area contributed by atoms with Crippen LogP contribution in [0.15, 0.2) is 0 Å². The van der Waals surface area contributed by atoms with Crippen molar-refractivity contribution in [1.29, 1.82) is 0 Å². The predicted octanol–water partition coefficient (Wildman–Crippen LogP) is 1.19. The van der Waals surface area contributed by atoms with E-state index in [1.807, 2.05) is 13.8 Å². The van der Waals surface area contributed by atoms with Crippen LogP contribution in [-0.2, 0) is 17.6 Å². The normalized spacial score (nSPS) is 18.2. The first-order valence-corrected chi connectivity index (χ1v) is 5.20. The van der Waals surface area contributed by atoms with Crippen molar-refractivity contribution in [2.75, 3.05) is 0 Å². The molecule has 0 unspecified atom stereocenters. The Morgan fingerprint density at radius 3 is 2.81 bits per heavy atom.